The molecule has 0 aromatic carbocycles. The van der Waals surface area contributed by atoms with Crippen LogP contribution in [0.2, 0.25) is 0 Å². The normalized spacial score (nSPS) is 10.2. The first kappa shape index (κ1) is 9.45. The van der Waals surface area contributed by atoms with E-state index in [-0.39, 0.29) is 0 Å². The van der Waals surface area contributed by atoms with Gasteiger partial charge in [-0.25, -0.2) is 0 Å². The molecule has 0 saturated heterocycles. The second-order valence-electron chi connectivity index (χ2n) is 2.69. The fraction of sp³-hybridized carbons (Fsp3) is 0.750. The highest BCUT2D eigenvalue weighted by Gasteiger charge is 2.04. The summed E-state index contributed by atoms with van der Waals surface area (Å²) in [5.74, 6) is 0.982. The molecule has 0 unspecified atom stereocenters. The summed E-state index contributed by atoms with van der Waals surface area (Å²) >= 11 is 1.29. The molecule has 0 amide bonds. The third-order valence-electron chi connectivity index (χ3n) is 1.67. The Labute approximate surface area is 77.5 Å². The number of aromatic nitrogens is 2. The van der Waals surface area contributed by atoms with Crippen molar-refractivity contribution in [1.29, 1.82) is 0 Å². The number of nitrogens with zero attached hydrogens (tertiary/aromatic N) is 2. The summed E-state index contributed by atoms with van der Waals surface area (Å²) in [5, 5.41) is 3.20. The van der Waals surface area contributed by atoms with E-state index in [0.29, 0.717) is 0 Å². The summed E-state index contributed by atoms with van der Waals surface area (Å²) in [7, 11) is 0. The van der Waals surface area contributed by atoms with Crippen molar-refractivity contribution < 1.29 is 0 Å². The monoisotopic (exact) mass is 185 g/mol. The van der Waals surface area contributed by atoms with E-state index in [0.717, 1.165) is 24.5 Å². The Kier molecular flexibility index (Phi) is 4.00. The van der Waals surface area contributed by atoms with E-state index >= 15 is 0 Å². The summed E-state index contributed by atoms with van der Waals surface area (Å²) in [5.41, 5.74) is 1.13. The highest BCUT2D eigenvalue weighted by atomic mass is 32.1. The first-order chi connectivity index (χ1) is 5.88. The fourth-order valence-electron chi connectivity index (χ4n) is 1.02. The van der Waals surface area contributed by atoms with E-state index in [9.17, 15) is 0 Å². The topological polar surface area (TPSA) is 37.8 Å². The predicted octanol–water partition coefficient (Wildman–Crippen LogP) is 2.31. The number of unbranched alkanes of at least 4 members (excludes halogenated alkanes) is 1. The molecule has 0 fully saturated rings. The molecule has 0 spiro atoms. The number of hydrogen-bond acceptors (Lipinski definition) is 4. The van der Waals surface area contributed by atoms with Crippen molar-refractivity contribution in [2.75, 3.05) is 11.9 Å². The van der Waals surface area contributed by atoms with Gasteiger partial charge in [-0.2, -0.15) is 8.75 Å². The minimum atomic E-state index is 0.921. The van der Waals surface area contributed by atoms with Crippen LogP contribution in [0.3, 0.4) is 0 Å². The summed E-state index contributed by atoms with van der Waals surface area (Å²) in [6.07, 6.45) is 3.46. The van der Waals surface area contributed by atoms with Crippen LogP contribution in [0.4, 0.5) is 5.82 Å². The molecule has 0 saturated carbocycles. The Hall–Kier alpha value is -0.640. The fourth-order valence-corrected chi connectivity index (χ4v) is 1.59. The minimum Gasteiger partial charge on any atom is -0.368 e. The van der Waals surface area contributed by atoms with Gasteiger partial charge in [0.25, 0.3) is 0 Å². The summed E-state index contributed by atoms with van der Waals surface area (Å²) in [4.78, 5) is 0. The number of rotatable bonds is 5. The number of aryl methyl sites for hydroxylation is 1. The molecule has 1 heterocycles. The molecule has 68 valence electrons. The molecule has 1 rings (SSSR count). The second-order valence-corrected chi connectivity index (χ2v) is 3.22. The van der Waals surface area contributed by atoms with E-state index in [1.807, 2.05) is 0 Å². The smallest absolute Gasteiger partial charge is 0.163 e. The molecule has 3 nitrogen and oxygen atoms in total. The van der Waals surface area contributed by atoms with Crippen LogP contribution in [-0.4, -0.2) is 15.3 Å². The summed E-state index contributed by atoms with van der Waals surface area (Å²) in [6, 6.07) is 0. The van der Waals surface area contributed by atoms with Crippen LogP contribution in [-0.2, 0) is 6.42 Å². The first-order valence-corrected chi connectivity index (χ1v) is 5.16. The Morgan fingerprint density at radius 1 is 1.33 bits per heavy atom. The van der Waals surface area contributed by atoms with Gasteiger partial charge in [-0.1, -0.05) is 13.3 Å². The van der Waals surface area contributed by atoms with Gasteiger partial charge in [-0.05, 0) is 19.8 Å². The highest BCUT2D eigenvalue weighted by molar-refractivity contribution is 6.99. The van der Waals surface area contributed by atoms with Gasteiger partial charge in [0.1, 0.15) is 0 Å². The molecule has 1 aromatic rings. The molecular weight excluding hydrogens is 170 g/mol. The predicted molar refractivity (Wildman–Crippen MR) is 52.7 cm³/mol. The SMILES string of the molecule is CCCCc1nsnc1NCC. The van der Waals surface area contributed by atoms with E-state index < -0.39 is 0 Å². The molecule has 4 heteroatoms. The molecule has 0 aliphatic heterocycles. The third-order valence-corrected chi connectivity index (χ3v) is 2.23. The summed E-state index contributed by atoms with van der Waals surface area (Å²) in [6.45, 7) is 5.18. The molecule has 0 aliphatic rings. The zero-order valence-corrected chi connectivity index (χ0v) is 8.45. The lowest BCUT2D eigenvalue weighted by Crippen LogP contribution is -2.00. The Morgan fingerprint density at radius 3 is 2.83 bits per heavy atom. The number of anilines is 1. The Balaban J connectivity index is 2.51. The van der Waals surface area contributed by atoms with Gasteiger partial charge in [-0.3, -0.25) is 0 Å². The van der Waals surface area contributed by atoms with Gasteiger partial charge >= 0.3 is 0 Å². The zero-order chi connectivity index (χ0) is 8.81. The average Bonchev–Trinajstić information content (AvgIpc) is 2.50. The van der Waals surface area contributed by atoms with Gasteiger partial charge in [0, 0.05) is 6.54 Å². The van der Waals surface area contributed by atoms with Crippen LogP contribution in [0.15, 0.2) is 0 Å². The average molecular weight is 185 g/mol. The van der Waals surface area contributed by atoms with Gasteiger partial charge < -0.3 is 5.32 Å². The third kappa shape index (κ3) is 2.44. The lowest BCUT2D eigenvalue weighted by atomic mass is 10.2. The molecule has 12 heavy (non-hydrogen) atoms. The largest absolute Gasteiger partial charge is 0.368 e. The van der Waals surface area contributed by atoms with E-state index in [4.69, 9.17) is 0 Å². The van der Waals surface area contributed by atoms with Crippen molar-refractivity contribution in [1.82, 2.24) is 8.75 Å². The molecule has 1 aromatic heterocycles. The maximum absolute atomic E-state index is 4.24. The van der Waals surface area contributed by atoms with Crippen molar-refractivity contribution in [3.05, 3.63) is 5.69 Å². The second kappa shape index (κ2) is 5.09. The van der Waals surface area contributed by atoms with Crippen molar-refractivity contribution in [2.24, 2.45) is 0 Å². The van der Waals surface area contributed by atoms with E-state index in [1.165, 1.54) is 24.6 Å². The number of nitrogens with one attached hydrogen (secondary N) is 1. The Morgan fingerprint density at radius 2 is 2.17 bits per heavy atom. The summed E-state index contributed by atoms with van der Waals surface area (Å²) < 4.78 is 8.42. The van der Waals surface area contributed by atoms with Crippen molar-refractivity contribution in [3.63, 3.8) is 0 Å². The van der Waals surface area contributed by atoms with Gasteiger partial charge in [-0.15, -0.1) is 0 Å². The Bertz CT molecular complexity index is 222. The van der Waals surface area contributed by atoms with E-state index in [1.54, 1.807) is 0 Å². The molecule has 0 aliphatic carbocycles. The quantitative estimate of drug-likeness (QED) is 0.765. The zero-order valence-electron chi connectivity index (χ0n) is 7.63. The molecule has 0 radical (unpaired) electrons. The first-order valence-electron chi connectivity index (χ1n) is 4.43. The van der Waals surface area contributed by atoms with Crippen LogP contribution in [0.1, 0.15) is 32.4 Å². The lowest BCUT2D eigenvalue weighted by Gasteiger charge is -1.99. The maximum Gasteiger partial charge on any atom is 0.163 e. The van der Waals surface area contributed by atoms with Crippen LogP contribution in [0.25, 0.3) is 0 Å². The van der Waals surface area contributed by atoms with Gasteiger partial charge in [0.2, 0.25) is 0 Å². The van der Waals surface area contributed by atoms with Gasteiger partial charge in [0.15, 0.2) is 5.82 Å². The van der Waals surface area contributed by atoms with Gasteiger partial charge in [0.05, 0.1) is 17.4 Å². The van der Waals surface area contributed by atoms with Crippen molar-refractivity contribution >= 4 is 17.5 Å². The lowest BCUT2D eigenvalue weighted by molar-refractivity contribution is 0.783. The molecule has 0 bridgehead atoms. The van der Waals surface area contributed by atoms with Crippen LogP contribution in [0.5, 0.6) is 0 Å². The molecule has 1 N–H and O–H groups in total. The standard InChI is InChI=1S/C8H15N3S/c1-3-5-6-7-8(9-4-2)11-12-10-7/h3-6H2,1-2H3,(H,9,11). The van der Waals surface area contributed by atoms with Crippen LogP contribution >= 0.6 is 11.7 Å². The maximum atomic E-state index is 4.24. The van der Waals surface area contributed by atoms with Crippen LogP contribution in [0, 0.1) is 0 Å². The molecular formula is C8H15N3S. The number of hydrogen-bond donors (Lipinski definition) is 1. The van der Waals surface area contributed by atoms with Crippen LogP contribution < -0.4 is 5.32 Å². The highest BCUT2D eigenvalue weighted by Crippen LogP contribution is 2.14. The molecule has 0 atom stereocenters. The minimum absolute atomic E-state index is 0.921. The van der Waals surface area contributed by atoms with Crippen molar-refractivity contribution in [3.8, 4) is 0 Å². The van der Waals surface area contributed by atoms with E-state index in [2.05, 4.69) is 27.9 Å². The van der Waals surface area contributed by atoms with Crippen molar-refractivity contribution in [2.45, 2.75) is 33.1 Å².